The third-order valence-electron chi connectivity index (χ3n) is 3.19. The molecular weight excluding hydrogens is 248 g/mol. The normalized spacial score (nSPS) is 20.2. The van der Waals surface area contributed by atoms with Crippen LogP contribution in [0.4, 0.5) is 0 Å². The van der Waals surface area contributed by atoms with Crippen LogP contribution in [0.15, 0.2) is 18.2 Å². The van der Waals surface area contributed by atoms with E-state index in [0.717, 1.165) is 31.5 Å². The van der Waals surface area contributed by atoms with Gasteiger partial charge in [-0.2, -0.15) is 0 Å². The van der Waals surface area contributed by atoms with Crippen molar-refractivity contribution in [2.45, 2.75) is 32.2 Å². The maximum atomic E-state index is 12.1. The second-order valence-corrected chi connectivity index (χ2v) is 5.32. The van der Waals surface area contributed by atoms with E-state index in [1.165, 1.54) is 6.42 Å². The maximum Gasteiger partial charge on any atom is 0.251 e. The highest BCUT2D eigenvalue weighted by atomic mass is 35.5. The van der Waals surface area contributed by atoms with Crippen molar-refractivity contribution < 1.29 is 4.79 Å². The molecule has 2 N–H and O–H groups in total. The third-order valence-corrected chi connectivity index (χ3v) is 3.40. The Balaban J connectivity index is 2.01. The van der Waals surface area contributed by atoms with Crippen LogP contribution >= 0.6 is 11.6 Å². The standard InChI is InChI=1S/C14H19ClN2O/c1-10-6-11(8-12(15)7-10)14(18)17-13-4-2-3-5-16-9-13/h6-8,13,16H,2-5,9H2,1H3,(H,17,18). The van der Waals surface area contributed by atoms with Crippen LogP contribution in [-0.2, 0) is 0 Å². The Hall–Kier alpha value is -1.06. The van der Waals surface area contributed by atoms with E-state index in [4.69, 9.17) is 11.6 Å². The predicted molar refractivity (Wildman–Crippen MR) is 74.2 cm³/mol. The molecule has 4 heteroatoms. The van der Waals surface area contributed by atoms with Gasteiger partial charge in [-0.15, -0.1) is 0 Å². The summed E-state index contributed by atoms with van der Waals surface area (Å²) in [5, 5.41) is 7.02. The Labute approximate surface area is 113 Å². The van der Waals surface area contributed by atoms with Gasteiger partial charge in [0.2, 0.25) is 0 Å². The molecule has 1 amide bonds. The van der Waals surface area contributed by atoms with Gasteiger partial charge in [0.15, 0.2) is 0 Å². The zero-order valence-corrected chi connectivity index (χ0v) is 11.4. The van der Waals surface area contributed by atoms with Crippen molar-refractivity contribution in [2.24, 2.45) is 0 Å². The molecule has 1 aliphatic rings. The van der Waals surface area contributed by atoms with Gasteiger partial charge in [0, 0.05) is 23.2 Å². The number of aryl methyl sites for hydroxylation is 1. The molecule has 0 saturated carbocycles. The molecule has 0 spiro atoms. The number of amides is 1. The van der Waals surface area contributed by atoms with Crippen molar-refractivity contribution in [1.82, 2.24) is 10.6 Å². The van der Waals surface area contributed by atoms with E-state index in [1.807, 2.05) is 19.1 Å². The molecule has 1 aromatic rings. The van der Waals surface area contributed by atoms with Crippen LogP contribution in [-0.4, -0.2) is 25.0 Å². The van der Waals surface area contributed by atoms with Gasteiger partial charge in [0.1, 0.15) is 0 Å². The fourth-order valence-electron chi connectivity index (χ4n) is 2.28. The SMILES string of the molecule is Cc1cc(Cl)cc(C(=O)NC2CCCCNC2)c1. The molecule has 1 saturated heterocycles. The lowest BCUT2D eigenvalue weighted by molar-refractivity contribution is 0.0935. The molecule has 1 aromatic carbocycles. The predicted octanol–water partition coefficient (Wildman–Crippen LogP) is 2.52. The Bertz CT molecular complexity index is 406. The first-order chi connectivity index (χ1) is 8.65. The van der Waals surface area contributed by atoms with Gasteiger partial charge in [0.05, 0.1) is 0 Å². The molecular formula is C14H19ClN2O. The first-order valence-electron chi connectivity index (χ1n) is 6.44. The highest BCUT2D eigenvalue weighted by molar-refractivity contribution is 6.31. The van der Waals surface area contributed by atoms with Crippen LogP contribution in [0.25, 0.3) is 0 Å². The minimum atomic E-state index is -0.0331. The molecule has 1 atom stereocenters. The number of benzene rings is 1. The third kappa shape index (κ3) is 3.72. The van der Waals surface area contributed by atoms with Crippen LogP contribution < -0.4 is 10.6 Å². The number of halogens is 1. The quantitative estimate of drug-likeness (QED) is 0.864. The molecule has 1 unspecified atom stereocenters. The van der Waals surface area contributed by atoms with Crippen molar-refractivity contribution in [3.05, 3.63) is 34.3 Å². The topological polar surface area (TPSA) is 41.1 Å². The highest BCUT2D eigenvalue weighted by Gasteiger charge is 2.15. The highest BCUT2D eigenvalue weighted by Crippen LogP contribution is 2.15. The average molecular weight is 267 g/mol. The minimum absolute atomic E-state index is 0.0331. The van der Waals surface area contributed by atoms with E-state index < -0.39 is 0 Å². The molecule has 18 heavy (non-hydrogen) atoms. The first-order valence-corrected chi connectivity index (χ1v) is 6.82. The van der Waals surface area contributed by atoms with Crippen molar-refractivity contribution >= 4 is 17.5 Å². The number of hydrogen-bond donors (Lipinski definition) is 2. The minimum Gasteiger partial charge on any atom is -0.348 e. The summed E-state index contributed by atoms with van der Waals surface area (Å²) in [6.07, 6.45) is 3.38. The summed E-state index contributed by atoms with van der Waals surface area (Å²) in [5.41, 5.74) is 1.65. The molecule has 1 fully saturated rings. The molecule has 98 valence electrons. The zero-order valence-electron chi connectivity index (χ0n) is 10.6. The number of rotatable bonds is 2. The maximum absolute atomic E-state index is 12.1. The summed E-state index contributed by atoms with van der Waals surface area (Å²) in [7, 11) is 0. The summed E-state index contributed by atoms with van der Waals surface area (Å²) >= 11 is 5.97. The number of carbonyl (C=O) groups excluding carboxylic acids is 1. The fraction of sp³-hybridized carbons (Fsp3) is 0.500. The molecule has 2 rings (SSSR count). The largest absolute Gasteiger partial charge is 0.348 e. The van der Waals surface area contributed by atoms with Crippen molar-refractivity contribution in [3.63, 3.8) is 0 Å². The number of nitrogens with one attached hydrogen (secondary N) is 2. The van der Waals surface area contributed by atoms with E-state index >= 15 is 0 Å². The summed E-state index contributed by atoms with van der Waals surface area (Å²) in [4.78, 5) is 12.1. The van der Waals surface area contributed by atoms with Gasteiger partial charge in [-0.1, -0.05) is 18.0 Å². The van der Waals surface area contributed by atoms with Crippen LogP contribution in [0.1, 0.15) is 35.2 Å². The Kier molecular flexibility index (Phi) is 4.61. The van der Waals surface area contributed by atoms with Gasteiger partial charge in [-0.05, 0) is 50.1 Å². The van der Waals surface area contributed by atoms with Crippen molar-refractivity contribution in [3.8, 4) is 0 Å². The lowest BCUT2D eigenvalue weighted by Crippen LogP contribution is -2.40. The van der Waals surface area contributed by atoms with E-state index in [0.29, 0.717) is 10.6 Å². The summed E-state index contributed by atoms with van der Waals surface area (Å²) in [5.74, 6) is -0.0331. The Morgan fingerprint density at radius 3 is 3.00 bits per heavy atom. The molecule has 1 aliphatic heterocycles. The van der Waals surface area contributed by atoms with Gasteiger partial charge < -0.3 is 10.6 Å². The van der Waals surface area contributed by atoms with Crippen molar-refractivity contribution in [1.29, 1.82) is 0 Å². The second-order valence-electron chi connectivity index (χ2n) is 4.89. The van der Waals surface area contributed by atoms with Crippen LogP contribution in [0, 0.1) is 6.92 Å². The zero-order chi connectivity index (χ0) is 13.0. The van der Waals surface area contributed by atoms with E-state index in [-0.39, 0.29) is 11.9 Å². The first kappa shape index (κ1) is 13.4. The van der Waals surface area contributed by atoms with Crippen LogP contribution in [0.5, 0.6) is 0 Å². The lowest BCUT2D eigenvalue weighted by Gasteiger charge is -2.16. The monoisotopic (exact) mass is 266 g/mol. The van der Waals surface area contributed by atoms with Gasteiger partial charge in [-0.3, -0.25) is 4.79 Å². The van der Waals surface area contributed by atoms with E-state index in [1.54, 1.807) is 6.07 Å². The molecule has 0 aromatic heterocycles. The Morgan fingerprint density at radius 1 is 1.39 bits per heavy atom. The molecule has 3 nitrogen and oxygen atoms in total. The van der Waals surface area contributed by atoms with Gasteiger partial charge in [0.25, 0.3) is 5.91 Å². The van der Waals surface area contributed by atoms with E-state index in [9.17, 15) is 4.79 Å². The summed E-state index contributed by atoms with van der Waals surface area (Å²) in [6.45, 7) is 3.84. The van der Waals surface area contributed by atoms with Gasteiger partial charge in [-0.25, -0.2) is 0 Å². The summed E-state index contributed by atoms with van der Waals surface area (Å²) in [6, 6.07) is 5.66. The molecule has 1 heterocycles. The van der Waals surface area contributed by atoms with E-state index in [2.05, 4.69) is 10.6 Å². The number of carbonyl (C=O) groups is 1. The average Bonchev–Trinajstić information content (AvgIpc) is 2.56. The molecule has 0 radical (unpaired) electrons. The van der Waals surface area contributed by atoms with Crippen LogP contribution in [0.3, 0.4) is 0 Å². The molecule has 0 bridgehead atoms. The smallest absolute Gasteiger partial charge is 0.251 e. The van der Waals surface area contributed by atoms with Crippen LogP contribution in [0.2, 0.25) is 5.02 Å². The molecule has 0 aliphatic carbocycles. The number of hydrogen-bond acceptors (Lipinski definition) is 2. The fourth-order valence-corrected chi connectivity index (χ4v) is 2.57. The lowest BCUT2D eigenvalue weighted by atomic mass is 10.1. The van der Waals surface area contributed by atoms with Crippen molar-refractivity contribution in [2.75, 3.05) is 13.1 Å². The summed E-state index contributed by atoms with van der Waals surface area (Å²) < 4.78 is 0. The van der Waals surface area contributed by atoms with Gasteiger partial charge >= 0.3 is 0 Å². The Morgan fingerprint density at radius 2 is 2.22 bits per heavy atom. The second kappa shape index (κ2) is 6.21.